The number of nitrogens with zero attached hydrogens (tertiary/aromatic N) is 1. The highest BCUT2D eigenvalue weighted by atomic mass is 35.5. The van der Waals surface area contributed by atoms with E-state index in [0.717, 1.165) is 5.56 Å². The van der Waals surface area contributed by atoms with Gasteiger partial charge < -0.3 is 11.1 Å². The van der Waals surface area contributed by atoms with Gasteiger partial charge in [-0.3, -0.25) is 0 Å². The lowest BCUT2D eigenvalue weighted by Crippen LogP contribution is -2.28. The van der Waals surface area contributed by atoms with Crippen LogP contribution >= 0.6 is 23.8 Å². The number of hydrogen-bond acceptors (Lipinski definition) is 2. The SMILES string of the molecule is N#Cc1ccc(Cl)c(CNC(N)=S)c1. The van der Waals surface area contributed by atoms with Gasteiger partial charge in [-0.05, 0) is 36.0 Å². The summed E-state index contributed by atoms with van der Waals surface area (Å²) in [7, 11) is 0. The quantitative estimate of drug-likeness (QED) is 0.750. The Hall–Kier alpha value is -1.31. The lowest BCUT2D eigenvalue weighted by atomic mass is 10.1. The first-order chi connectivity index (χ1) is 6.63. The number of thiocarbonyl (C=S) groups is 1. The number of nitrogens with one attached hydrogen (secondary N) is 1. The standard InChI is InChI=1S/C9H8ClN3S/c10-8-2-1-6(4-11)3-7(8)5-13-9(12)14/h1-3H,5H2,(H3,12,13,14). The highest BCUT2D eigenvalue weighted by molar-refractivity contribution is 7.80. The minimum Gasteiger partial charge on any atom is -0.376 e. The highest BCUT2D eigenvalue weighted by Crippen LogP contribution is 2.16. The monoisotopic (exact) mass is 225 g/mol. The van der Waals surface area contributed by atoms with E-state index in [1.54, 1.807) is 18.2 Å². The largest absolute Gasteiger partial charge is 0.376 e. The molecule has 5 heteroatoms. The summed E-state index contributed by atoms with van der Waals surface area (Å²) in [6.07, 6.45) is 0. The molecule has 3 N–H and O–H groups in total. The summed E-state index contributed by atoms with van der Waals surface area (Å²) >= 11 is 10.6. The predicted molar refractivity (Wildman–Crippen MR) is 59.8 cm³/mol. The molecular weight excluding hydrogens is 218 g/mol. The molecule has 0 radical (unpaired) electrons. The topological polar surface area (TPSA) is 61.8 Å². The molecule has 0 heterocycles. The van der Waals surface area contributed by atoms with Crippen molar-refractivity contribution in [2.24, 2.45) is 5.73 Å². The third-order valence-corrected chi connectivity index (χ3v) is 2.14. The van der Waals surface area contributed by atoms with E-state index >= 15 is 0 Å². The number of halogens is 1. The Morgan fingerprint density at radius 3 is 2.93 bits per heavy atom. The molecule has 1 aromatic rings. The lowest BCUT2D eigenvalue weighted by molar-refractivity contribution is 0.919. The first-order valence-corrected chi connectivity index (χ1v) is 4.64. The van der Waals surface area contributed by atoms with Crippen LogP contribution in [0.5, 0.6) is 0 Å². The smallest absolute Gasteiger partial charge is 0.163 e. The molecule has 0 aromatic heterocycles. The van der Waals surface area contributed by atoms with E-state index in [1.165, 1.54) is 0 Å². The van der Waals surface area contributed by atoms with E-state index in [4.69, 9.17) is 22.6 Å². The van der Waals surface area contributed by atoms with Gasteiger partial charge in [-0.2, -0.15) is 5.26 Å². The van der Waals surface area contributed by atoms with Crippen LogP contribution in [-0.2, 0) is 6.54 Å². The van der Waals surface area contributed by atoms with Crippen LogP contribution < -0.4 is 11.1 Å². The molecule has 1 rings (SSSR count). The van der Waals surface area contributed by atoms with E-state index in [0.29, 0.717) is 17.1 Å². The molecule has 0 atom stereocenters. The van der Waals surface area contributed by atoms with Crippen LogP contribution in [-0.4, -0.2) is 5.11 Å². The number of nitriles is 1. The average Bonchev–Trinajstić information content (AvgIpc) is 2.16. The van der Waals surface area contributed by atoms with Gasteiger partial charge >= 0.3 is 0 Å². The Morgan fingerprint density at radius 1 is 1.64 bits per heavy atom. The number of nitrogens with two attached hydrogens (primary N) is 1. The second-order valence-electron chi connectivity index (χ2n) is 2.64. The maximum absolute atomic E-state index is 8.67. The van der Waals surface area contributed by atoms with E-state index in [2.05, 4.69) is 17.5 Å². The van der Waals surface area contributed by atoms with Gasteiger partial charge in [0.2, 0.25) is 0 Å². The van der Waals surface area contributed by atoms with Crippen LogP contribution in [0, 0.1) is 11.3 Å². The summed E-state index contributed by atoms with van der Waals surface area (Å²) in [5.74, 6) is 0. The van der Waals surface area contributed by atoms with Gasteiger partial charge in [0.15, 0.2) is 5.11 Å². The molecule has 3 nitrogen and oxygen atoms in total. The van der Waals surface area contributed by atoms with Crippen molar-refractivity contribution in [1.29, 1.82) is 5.26 Å². The fourth-order valence-corrected chi connectivity index (χ4v) is 1.22. The molecule has 0 unspecified atom stereocenters. The summed E-state index contributed by atoms with van der Waals surface area (Å²) < 4.78 is 0. The van der Waals surface area contributed by atoms with Gasteiger partial charge in [-0.1, -0.05) is 11.6 Å². The van der Waals surface area contributed by atoms with Gasteiger partial charge in [0.05, 0.1) is 11.6 Å². The normalized spacial score (nSPS) is 9.14. The van der Waals surface area contributed by atoms with Crippen molar-refractivity contribution in [2.45, 2.75) is 6.54 Å². The fraction of sp³-hybridized carbons (Fsp3) is 0.111. The molecule has 0 spiro atoms. The van der Waals surface area contributed by atoms with Crippen molar-refractivity contribution in [3.63, 3.8) is 0 Å². The minimum atomic E-state index is 0.212. The number of hydrogen-bond donors (Lipinski definition) is 2. The van der Waals surface area contributed by atoms with Crippen molar-refractivity contribution in [1.82, 2.24) is 5.32 Å². The summed E-state index contributed by atoms with van der Waals surface area (Å²) in [5.41, 5.74) is 6.64. The first kappa shape index (κ1) is 10.8. The third-order valence-electron chi connectivity index (χ3n) is 1.63. The number of benzene rings is 1. The van der Waals surface area contributed by atoms with Crippen molar-refractivity contribution in [3.05, 3.63) is 34.3 Å². The van der Waals surface area contributed by atoms with Crippen molar-refractivity contribution in [2.75, 3.05) is 0 Å². The molecule has 0 amide bonds. The Balaban J connectivity index is 2.85. The maximum atomic E-state index is 8.67. The van der Waals surface area contributed by atoms with Crippen LogP contribution in [0.25, 0.3) is 0 Å². The molecule has 0 bridgehead atoms. The lowest BCUT2D eigenvalue weighted by Gasteiger charge is -2.06. The minimum absolute atomic E-state index is 0.212. The van der Waals surface area contributed by atoms with Crippen LogP contribution in [0.4, 0.5) is 0 Å². The molecular formula is C9H8ClN3S. The van der Waals surface area contributed by atoms with Crippen LogP contribution in [0.2, 0.25) is 5.02 Å². The van der Waals surface area contributed by atoms with Crippen molar-refractivity contribution < 1.29 is 0 Å². The summed E-state index contributed by atoms with van der Waals surface area (Å²) in [6, 6.07) is 7.07. The van der Waals surface area contributed by atoms with E-state index in [1.807, 2.05) is 6.07 Å². The Labute approximate surface area is 92.5 Å². The third kappa shape index (κ3) is 2.87. The van der Waals surface area contributed by atoms with Crippen molar-refractivity contribution >= 4 is 28.9 Å². The second-order valence-corrected chi connectivity index (χ2v) is 3.48. The molecule has 0 aliphatic heterocycles. The van der Waals surface area contributed by atoms with Gasteiger partial charge in [0.1, 0.15) is 0 Å². The molecule has 0 fully saturated rings. The Morgan fingerprint density at radius 2 is 2.36 bits per heavy atom. The van der Waals surface area contributed by atoms with Crippen LogP contribution in [0.15, 0.2) is 18.2 Å². The van der Waals surface area contributed by atoms with E-state index in [-0.39, 0.29) is 5.11 Å². The number of rotatable bonds is 2. The zero-order valence-electron chi connectivity index (χ0n) is 7.25. The molecule has 14 heavy (non-hydrogen) atoms. The summed E-state index contributed by atoms with van der Waals surface area (Å²) in [6.45, 7) is 0.434. The van der Waals surface area contributed by atoms with Gasteiger partial charge in [-0.25, -0.2) is 0 Å². The zero-order chi connectivity index (χ0) is 10.6. The maximum Gasteiger partial charge on any atom is 0.163 e. The van der Waals surface area contributed by atoms with Gasteiger partial charge in [0, 0.05) is 11.6 Å². The predicted octanol–water partition coefficient (Wildman–Crippen LogP) is 1.54. The van der Waals surface area contributed by atoms with Gasteiger partial charge in [0.25, 0.3) is 0 Å². The summed E-state index contributed by atoms with van der Waals surface area (Å²) in [4.78, 5) is 0. The van der Waals surface area contributed by atoms with Crippen molar-refractivity contribution in [3.8, 4) is 6.07 Å². The second kappa shape index (κ2) is 4.80. The molecule has 0 saturated heterocycles. The fourth-order valence-electron chi connectivity index (χ4n) is 0.962. The average molecular weight is 226 g/mol. The van der Waals surface area contributed by atoms with E-state index < -0.39 is 0 Å². The Kier molecular flexibility index (Phi) is 3.69. The molecule has 1 aromatic carbocycles. The molecule has 0 aliphatic rings. The zero-order valence-corrected chi connectivity index (χ0v) is 8.82. The summed E-state index contributed by atoms with van der Waals surface area (Å²) in [5, 5.41) is 12.2. The molecule has 72 valence electrons. The molecule has 0 saturated carbocycles. The van der Waals surface area contributed by atoms with Crippen LogP contribution in [0.1, 0.15) is 11.1 Å². The highest BCUT2D eigenvalue weighted by Gasteiger charge is 2.01. The first-order valence-electron chi connectivity index (χ1n) is 3.85. The van der Waals surface area contributed by atoms with E-state index in [9.17, 15) is 0 Å². The molecule has 0 aliphatic carbocycles. The van der Waals surface area contributed by atoms with Crippen LogP contribution in [0.3, 0.4) is 0 Å². The Bertz CT molecular complexity index is 398. The van der Waals surface area contributed by atoms with Gasteiger partial charge in [-0.15, -0.1) is 0 Å².